The Balaban J connectivity index is 1.49. The van der Waals surface area contributed by atoms with Gasteiger partial charge < -0.3 is 19.9 Å². The molecule has 0 aliphatic carbocycles. The molecule has 2 atom stereocenters. The van der Waals surface area contributed by atoms with Gasteiger partial charge in [-0.05, 0) is 54.3 Å². The van der Waals surface area contributed by atoms with E-state index in [4.69, 9.17) is 4.74 Å². The Morgan fingerprint density at radius 1 is 1.31 bits per heavy atom. The average Bonchev–Trinajstić information content (AvgIpc) is 2.99. The van der Waals surface area contributed by atoms with Crippen molar-refractivity contribution in [3.63, 3.8) is 0 Å². The molecule has 1 aliphatic heterocycles. The van der Waals surface area contributed by atoms with E-state index in [0.29, 0.717) is 19.7 Å². The number of ether oxygens (including phenoxy) is 1. The smallest absolute Gasteiger partial charge is 0.409 e. The van der Waals surface area contributed by atoms with Crippen LogP contribution < -0.4 is 5.32 Å². The van der Waals surface area contributed by atoms with Crippen LogP contribution in [0.1, 0.15) is 23.6 Å². The number of rotatable bonds is 7. The standard InChI is InChI=1S/C23H27FN3O2PS2/c1-14(31-32-30)13-29-23(28)27(2)12-15-3-5-16(6-4-15)22-19-7-8-25-11-17-9-18(24)10-20(26-22)21(17)19/h3-6,9-10,14,25-26H,7-8,11-13,30H2,1-2H3/t14-/m0/s1. The molecule has 2 N–H and O–H groups in total. The minimum Gasteiger partial charge on any atom is -0.448 e. The maximum absolute atomic E-state index is 14.1. The van der Waals surface area contributed by atoms with E-state index in [9.17, 15) is 9.18 Å². The van der Waals surface area contributed by atoms with Crippen LogP contribution in [-0.2, 0) is 24.2 Å². The molecule has 170 valence electrons. The number of halogens is 1. The molecule has 4 rings (SSSR count). The number of hydrogen-bond donors (Lipinski definition) is 2. The molecule has 32 heavy (non-hydrogen) atoms. The van der Waals surface area contributed by atoms with Gasteiger partial charge in [-0.3, -0.25) is 0 Å². The molecule has 9 heteroatoms. The van der Waals surface area contributed by atoms with Crippen molar-refractivity contribution in [3.05, 3.63) is 58.9 Å². The van der Waals surface area contributed by atoms with Gasteiger partial charge in [-0.1, -0.05) is 53.9 Å². The largest absolute Gasteiger partial charge is 0.448 e. The Bertz CT molecular complexity index is 1110. The second kappa shape index (κ2) is 10.5. The number of nitrogens with zero attached hydrogens (tertiary/aromatic N) is 1. The highest BCUT2D eigenvalue weighted by Crippen LogP contribution is 2.35. The number of aromatic nitrogens is 1. The van der Waals surface area contributed by atoms with Gasteiger partial charge in [-0.2, -0.15) is 0 Å². The van der Waals surface area contributed by atoms with Gasteiger partial charge in [0.25, 0.3) is 0 Å². The zero-order chi connectivity index (χ0) is 22.7. The van der Waals surface area contributed by atoms with Crippen LogP contribution in [0.2, 0.25) is 0 Å². The van der Waals surface area contributed by atoms with Crippen LogP contribution in [0.4, 0.5) is 9.18 Å². The summed E-state index contributed by atoms with van der Waals surface area (Å²) in [6.07, 6.45) is 0.560. The highest BCUT2D eigenvalue weighted by atomic mass is 33.3. The summed E-state index contributed by atoms with van der Waals surface area (Å²) in [7, 11) is 7.57. The first-order chi connectivity index (χ1) is 15.5. The second-order valence-electron chi connectivity index (χ2n) is 8.03. The van der Waals surface area contributed by atoms with Crippen molar-refractivity contribution in [2.24, 2.45) is 0 Å². The number of aromatic amines is 1. The predicted molar refractivity (Wildman–Crippen MR) is 136 cm³/mol. The van der Waals surface area contributed by atoms with E-state index in [2.05, 4.69) is 30.9 Å². The zero-order valence-electron chi connectivity index (χ0n) is 18.1. The van der Waals surface area contributed by atoms with Gasteiger partial charge >= 0.3 is 6.09 Å². The van der Waals surface area contributed by atoms with Gasteiger partial charge in [-0.25, -0.2) is 9.18 Å². The molecule has 1 unspecified atom stereocenters. The molecular weight excluding hydrogens is 464 g/mol. The number of nitrogens with one attached hydrogen (secondary N) is 2. The molecule has 2 heterocycles. The van der Waals surface area contributed by atoms with Gasteiger partial charge in [0.1, 0.15) is 12.4 Å². The van der Waals surface area contributed by atoms with E-state index in [1.165, 1.54) is 5.56 Å². The van der Waals surface area contributed by atoms with E-state index in [1.807, 2.05) is 19.1 Å². The predicted octanol–water partition coefficient (Wildman–Crippen LogP) is 5.75. The Hall–Kier alpha value is -1.73. The monoisotopic (exact) mass is 491 g/mol. The van der Waals surface area contributed by atoms with Crippen LogP contribution >= 0.6 is 29.6 Å². The van der Waals surface area contributed by atoms with Crippen molar-refractivity contribution in [2.45, 2.75) is 31.7 Å². The molecule has 0 saturated heterocycles. The van der Waals surface area contributed by atoms with Crippen LogP contribution in [0.5, 0.6) is 0 Å². The number of amides is 1. The van der Waals surface area contributed by atoms with Gasteiger partial charge in [0, 0.05) is 42.0 Å². The molecule has 0 spiro atoms. The van der Waals surface area contributed by atoms with Crippen LogP contribution in [0.25, 0.3) is 22.2 Å². The molecule has 1 aliphatic rings. The lowest BCUT2D eigenvalue weighted by atomic mass is 10.00. The van der Waals surface area contributed by atoms with E-state index in [1.54, 1.807) is 45.3 Å². The first kappa shape index (κ1) is 23.4. The highest BCUT2D eigenvalue weighted by Gasteiger charge is 2.19. The molecule has 0 fully saturated rings. The van der Waals surface area contributed by atoms with Gasteiger partial charge in [0.15, 0.2) is 0 Å². The van der Waals surface area contributed by atoms with E-state index in [0.717, 1.165) is 46.3 Å². The highest BCUT2D eigenvalue weighted by molar-refractivity contribution is 8.94. The third-order valence-electron chi connectivity index (χ3n) is 5.55. The summed E-state index contributed by atoms with van der Waals surface area (Å²) in [5.41, 5.74) is 6.17. The van der Waals surface area contributed by atoms with Crippen molar-refractivity contribution in [2.75, 3.05) is 20.2 Å². The molecular formula is C23H27FN3O2PS2. The van der Waals surface area contributed by atoms with Gasteiger partial charge in [-0.15, -0.1) is 0 Å². The van der Waals surface area contributed by atoms with E-state index in [-0.39, 0.29) is 17.2 Å². The number of carbonyl (C=O) groups excluding carboxylic acids is 1. The summed E-state index contributed by atoms with van der Waals surface area (Å²) in [5, 5.41) is 4.74. The summed E-state index contributed by atoms with van der Waals surface area (Å²) in [5.74, 6) is -0.221. The fraction of sp³-hybridized carbons (Fsp3) is 0.348. The molecule has 2 aromatic carbocycles. The Morgan fingerprint density at radius 2 is 2.09 bits per heavy atom. The van der Waals surface area contributed by atoms with Gasteiger partial charge in [0.05, 0.1) is 0 Å². The minimum atomic E-state index is -0.325. The summed E-state index contributed by atoms with van der Waals surface area (Å²) in [6.45, 7) is 4.41. The summed E-state index contributed by atoms with van der Waals surface area (Å²) >= 11 is 0. The first-order valence-electron chi connectivity index (χ1n) is 10.5. The molecule has 1 aromatic heterocycles. The van der Waals surface area contributed by atoms with Crippen molar-refractivity contribution in [1.82, 2.24) is 15.2 Å². The average molecular weight is 492 g/mol. The first-order valence-corrected chi connectivity index (χ1v) is 14.2. The molecule has 0 saturated carbocycles. The maximum Gasteiger partial charge on any atom is 0.409 e. The van der Waals surface area contributed by atoms with E-state index >= 15 is 0 Å². The second-order valence-corrected chi connectivity index (χ2v) is 12.1. The van der Waals surface area contributed by atoms with Crippen molar-refractivity contribution < 1.29 is 13.9 Å². The quantitative estimate of drug-likeness (QED) is 0.326. The van der Waals surface area contributed by atoms with Crippen LogP contribution in [0, 0.1) is 5.82 Å². The SMILES string of the molecule is C[C@@H](COC(=O)N(C)Cc1ccc(-c2[nH]c3cc(F)cc4c3c2CCNC4)cc1)SSP. The number of H-pyrrole nitrogens is 1. The molecule has 1 amide bonds. The Kier molecular flexibility index (Phi) is 7.66. The third-order valence-corrected chi connectivity index (χ3v) is 8.45. The van der Waals surface area contributed by atoms with Crippen molar-refractivity contribution in [1.29, 1.82) is 0 Å². The zero-order valence-corrected chi connectivity index (χ0v) is 20.9. The summed E-state index contributed by atoms with van der Waals surface area (Å²) < 4.78 is 19.5. The molecule has 0 radical (unpaired) electrons. The summed E-state index contributed by atoms with van der Waals surface area (Å²) in [6, 6.07) is 11.4. The lowest BCUT2D eigenvalue weighted by molar-refractivity contribution is 0.110. The normalized spacial score (nSPS) is 14.2. The lowest BCUT2D eigenvalue weighted by Gasteiger charge is -2.18. The van der Waals surface area contributed by atoms with Gasteiger partial charge in [0.2, 0.25) is 0 Å². The third kappa shape index (κ3) is 5.25. The number of hydrogen-bond acceptors (Lipinski definition) is 5. The number of benzene rings is 2. The Labute approximate surface area is 197 Å². The maximum atomic E-state index is 14.1. The molecule has 5 nitrogen and oxygen atoms in total. The van der Waals surface area contributed by atoms with Crippen molar-refractivity contribution in [3.8, 4) is 11.3 Å². The minimum absolute atomic E-state index is 0.221. The fourth-order valence-corrected chi connectivity index (χ4v) is 6.82. The fourth-order valence-electron chi connectivity index (χ4n) is 4.06. The molecule has 3 aromatic rings. The van der Waals surface area contributed by atoms with Crippen LogP contribution in [0.3, 0.4) is 0 Å². The summed E-state index contributed by atoms with van der Waals surface area (Å²) in [4.78, 5) is 17.3. The Morgan fingerprint density at radius 3 is 2.84 bits per heavy atom. The van der Waals surface area contributed by atoms with Crippen LogP contribution in [-0.4, -0.2) is 41.4 Å². The van der Waals surface area contributed by atoms with Crippen molar-refractivity contribution >= 4 is 46.6 Å². The topological polar surface area (TPSA) is 57.4 Å². The van der Waals surface area contributed by atoms with Crippen LogP contribution in [0.15, 0.2) is 36.4 Å². The molecule has 0 bridgehead atoms. The lowest BCUT2D eigenvalue weighted by Crippen LogP contribution is -2.28. The number of carbonyl (C=O) groups is 1. The van der Waals surface area contributed by atoms with E-state index < -0.39 is 0 Å².